The molecule has 2 aromatic carbocycles. The van der Waals surface area contributed by atoms with Crippen molar-refractivity contribution in [2.75, 3.05) is 28.6 Å². The zero-order chi connectivity index (χ0) is 21.2. The Morgan fingerprint density at radius 2 is 1.86 bits per heavy atom. The number of ether oxygens (including phenoxy) is 1. The first-order valence-corrected chi connectivity index (χ1v) is 11.2. The minimum Gasteiger partial charge on any atom is -0.452 e. The van der Waals surface area contributed by atoms with Crippen molar-refractivity contribution < 1.29 is 22.7 Å². The van der Waals surface area contributed by atoms with Crippen LogP contribution in [-0.4, -0.2) is 45.7 Å². The minimum atomic E-state index is -3.39. The molecular weight excluding hydrogens is 392 g/mol. The van der Waals surface area contributed by atoms with Crippen LogP contribution < -0.4 is 9.21 Å². The van der Waals surface area contributed by atoms with Gasteiger partial charge in [0, 0.05) is 18.3 Å². The lowest BCUT2D eigenvalue weighted by molar-refractivity contribution is -0.121. The fourth-order valence-electron chi connectivity index (χ4n) is 3.63. The number of benzene rings is 2. The molecule has 0 aliphatic carbocycles. The Labute approximate surface area is 170 Å². The fourth-order valence-corrected chi connectivity index (χ4v) is 4.90. The molecule has 1 atom stereocenters. The van der Waals surface area contributed by atoms with E-state index in [1.165, 1.54) is 16.6 Å². The zero-order valence-corrected chi connectivity index (χ0v) is 17.5. The number of nitrogens with zero attached hydrogens (tertiary/aromatic N) is 2. The first-order valence-electron chi connectivity index (χ1n) is 9.37. The molecule has 0 fully saturated rings. The topological polar surface area (TPSA) is 84.0 Å². The van der Waals surface area contributed by atoms with Crippen molar-refractivity contribution in [1.29, 1.82) is 0 Å². The van der Waals surface area contributed by atoms with Crippen LogP contribution in [0.3, 0.4) is 0 Å². The first-order chi connectivity index (χ1) is 13.7. The van der Waals surface area contributed by atoms with Gasteiger partial charge < -0.3 is 9.64 Å². The number of carbonyl (C=O) groups excluding carboxylic acids is 2. The highest BCUT2D eigenvalue weighted by molar-refractivity contribution is 7.92. The van der Waals surface area contributed by atoms with E-state index >= 15 is 0 Å². The summed E-state index contributed by atoms with van der Waals surface area (Å²) in [7, 11) is -3.39. The van der Waals surface area contributed by atoms with Gasteiger partial charge >= 0.3 is 5.97 Å². The Bertz CT molecular complexity index is 1020. The van der Waals surface area contributed by atoms with Gasteiger partial charge in [-0.05, 0) is 56.2 Å². The van der Waals surface area contributed by atoms with E-state index in [4.69, 9.17) is 4.74 Å². The number of carbonyl (C=O) groups is 2. The van der Waals surface area contributed by atoms with Gasteiger partial charge in [-0.1, -0.05) is 18.2 Å². The molecule has 0 saturated heterocycles. The number of hydrogen-bond acceptors (Lipinski definition) is 5. The summed E-state index contributed by atoms with van der Waals surface area (Å²) in [4.78, 5) is 26.4. The highest BCUT2D eigenvalue weighted by atomic mass is 32.2. The number of anilines is 2. The Morgan fingerprint density at radius 1 is 1.17 bits per heavy atom. The second kappa shape index (κ2) is 8.24. The maximum atomic E-state index is 12.5. The molecule has 8 heteroatoms. The van der Waals surface area contributed by atoms with E-state index in [-0.39, 0.29) is 18.6 Å². The molecule has 0 unspecified atom stereocenters. The van der Waals surface area contributed by atoms with Crippen LogP contribution in [0.1, 0.15) is 29.8 Å². The van der Waals surface area contributed by atoms with E-state index in [0.717, 1.165) is 11.3 Å². The molecule has 0 saturated carbocycles. The van der Waals surface area contributed by atoms with Gasteiger partial charge in [0.05, 0.1) is 17.5 Å². The van der Waals surface area contributed by atoms with Crippen molar-refractivity contribution in [2.24, 2.45) is 0 Å². The number of fused-ring (bicyclic) bond motifs is 1. The van der Waals surface area contributed by atoms with Crippen molar-refractivity contribution in [3.63, 3.8) is 0 Å². The van der Waals surface area contributed by atoms with E-state index in [2.05, 4.69) is 0 Å². The van der Waals surface area contributed by atoms with Gasteiger partial charge in [-0.15, -0.1) is 0 Å². The van der Waals surface area contributed by atoms with Crippen molar-refractivity contribution in [3.8, 4) is 0 Å². The van der Waals surface area contributed by atoms with Gasteiger partial charge in [-0.3, -0.25) is 9.10 Å². The monoisotopic (exact) mass is 416 g/mol. The molecule has 0 aromatic heterocycles. The first kappa shape index (κ1) is 20.9. The van der Waals surface area contributed by atoms with Crippen LogP contribution in [-0.2, 0) is 26.0 Å². The summed E-state index contributed by atoms with van der Waals surface area (Å²) in [6, 6.07) is 13.7. The summed E-state index contributed by atoms with van der Waals surface area (Å²) in [5.41, 5.74) is 2.38. The molecule has 154 valence electrons. The number of para-hydroxylation sites is 1. The number of likely N-dealkylation sites (N-methyl/N-ethyl adjacent to an activating group) is 1. The average Bonchev–Trinajstić information content (AvgIpc) is 3.02. The molecule has 1 amide bonds. The molecule has 1 aliphatic rings. The Morgan fingerprint density at radius 3 is 2.48 bits per heavy atom. The Kier molecular flexibility index (Phi) is 5.93. The smallest absolute Gasteiger partial charge is 0.338 e. The third-order valence-corrected chi connectivity index (χ3v) is 6.11. The van der Waals surface area contributed by atoms with Crippen LogP contribution in [0.15, 0.2) is 48.5 Å². The lowest BCUT2D eigenvalue weighted by atomic mass is 10.1. The van der Waals surface area contributed by atoms with Crippen molar-refractivity contribution >= 4 is 33.3 Å². The maximum Gasteiger partial charge on any atom is 0.338 e. The molecule has 0 N–H and O–H groups in total. The molecule has 0 radical (unpaired) electrons. The van der Waals surface area contributed by atoms with E-state index in [1.807, 2.05) is 44.2 Å². The summed E-state index contributed by atoms with van der Waals surface area (Å²) >= 11 is 0. The highest BCUT2D eigenvalue weighted by Gasteiger charge is 2.33. The van der Waals surface area contributed by atoms with Gasteiger partial charge in [0.2, 0.25) is 10.0 Å². The summed E-state index contributed by atoms with van der Waals surface area (Å²) in [5, 5.41) is 0. The molecular formula is C21H24N2O5S. The van der Waals surface area contributed by atoms with Gasteiger partial charge in [-0.2, -0.15) is 0 Å². The van der Waals surface area contributed by atoms with Crippen molar-refractivity contribution in [3.05, 3.63) is 59.7 Å². The van der Waals surface area contributed by atoms with Crippen LogP contribution in [0.25, 0.3) is 0 Å². The standard InChI is InChI=1S/C21H24N2O5S/c1-4-22(18-8-6-5-7-9-18)20(24)14-28-21(25)16-10-11-19-17(13-16)12-15(2)23(19)29(3,26)27/h5-11,13,15H,4,12,14H2,1-3H3/t15-/m0/s1. The molecule has 3 rings (SSSR count). The summed E-state index contributed by atoms with van der Waals surface area (Å²) in [5.74, 6) is -0.930. The fraction of sp³-hybridized carbons (Fsp3) is 0.333. The maximum absolute atomic E-state index is 12.5. The van der Waals surface area contributed by atoms with E-state index in [1.54, 1.807) is 17.0 Å². The molecule has 7 nitrogen and oxygen atoms in total. The third-order valence-electron chi connectivity index (χ3n) is 4.84. The second-order valence-electron chi connectivity index (χ2n) is 7.01. The molecule has 29 heavy (non-hydrogen) atoms. The largest absolute Gasteiger partial charge is 0.452 e. The van der Waals surface area contributed by atoms with Crippen LogP contribution in [0, 0.1) is 0 Å². The number of amides is 1. The quantitative estimate of drug-likeness (QED) is 0.676. The summed E-state index contributed by atoms with van der Waals surface area (Å²) < 4.78 is 30.6. The van der Waals surface area contributed by atoms with Gasteiger partial charge in [0.1, 0.15) is 0 Å². The summed E-state index contributed by atoms with van der Waals surface area (Å²) in [6.45, 7) is 3.76. The zero-order valence-electron chi connectivity index (χ0n) is 16.7. The highest BCUT2D eigenvalue weighted by Crippen LogP contribution is 2.34. The van der Waals surface area contributed by atoms with E-state index < -0.39 is 16.0 Å². The molecule has 1 heterocycles. The predicted molar refractivity (Wildman–Crippen MR) is 112 cm³/mol. The number of rotatable bonds is 6. The SMILES string of the molecule is CCN(C(=O)COC(=O)c1ccc2c(c1)C[C@H](C)N2S(C)(=O)=O)c1ccccc1. The van der Waals surface area contributed by atoms with Crippen LogP contribution in [0.5, 0.6) is 0 Å². The van der Waals surface area contributed by atoms with E-state index in [0.29, 0.717) is 24.2 Å². The molecule has 0 spiro atoms. The van der Waals surface area contributed by atoms with Crippen LogP contribution in [0.2, 0.25) is 0 Å². The van der Waals surface area contributed by atoms with Gasteiger partial charge in [0.25, 0.3) is 5.91 Å². The molecule has 2 aromatic rings. The Balaban J connectivity index is 1.69. The number of hydrogen-bond donors (Lipinski definition) is 0. The minimum absolute atomic E-state index is 0.211. The van der Waals surface area contributed by atoms with Gasteiger partial charge in [-0.25, -0.2) is 13.2 Å². The van der Waals surface area contributed by atoms with Crippen molar-refractivity contribution in [2.45, 2.75) is 26.3 Å². The van der Waals surface area contributed by atoms with Crippen molar-refractivity contribution in [1.82, 2.24) is 0 Å². The molecule has 0 bridgehead atoms. The number of esters is 1. The lowest BCUT2D eigenvalue weighted by Gasteiger charge is -2.22. The number of sulfonamides is 1. The summed E-state index contributed by atoms with van der Waals surface area (Å²) in [6.07, 6.45) is 1.68. The normalized spacial score (nSPS) is 15.7. The third kappa shape index (κ3) is 4.42. The predicted octanol–water partition coefficient (Wildman–Crippen LogP) is 2.61. The molecule has 1 aliphatic heterocycles. The second-order valence-corrected chi connectivity index (χ2v) is 8.86. The lowest BCUT2D eigenvalue weighted by Crippen LogP contribution is -2.34. The Hall–Kier alpha value is -2.87. The van der Waals surface area contributed by atoms with Crippen LogP contribution >= 0.6 is 0 Å². The van der Waals surface area contributed by atoms with Gasteiger partial charge in [0.15, 0.2) is 6.61 Å². The van der Waals surface area contributed by atoms with E-state index in [9.17, 15) is 18.0 Å². The van der Waals surface area contributed by atoms with Crippen LogP contribution in [0.4, 0.5) is 11.4 Å². The average molecular weight is 416 g/mol.